The lowest BCUT2D eigenvalue weighted by atomic mass is 10.0. The third-order valence-corrected chi connectivity index (χ3v) is 6.38. The highest BCUT2D eigenvalue weighted by Gasteiger charge is 2.28. The Hall–Kier alpha value is -2.70. The van der Waals surface area contributed by atoms with Crippen molar-refractivity contribution in [2.24, 2.45) is 0 Å². The highest BCUT2D eigenvalue weighted by atomic mass is 32.2. The molecule has 5 nitrogen and oxygen atoms in total. The Labute approximate surface area is 164 Å². The van der Waals surface area contributed by atoms with Gasteiger partial charge in [0.1, 0.15) is 0 Å². The third-order valence-electron chi connectivity index (χ3n) is 4.87. The fourth-order valence-electron chi connectivity index (χ4n) is 3.22. The second-order valence-corrected chi connectivity index (χ2v) is 8.78. The van der Waals surface area contributed by atoms with Gasteiger partial charge in [-0.15, -0.1) is 0 Å². The quantitative estimate of drug-likeness (QED) is 0.646. The summed E-state index contributed by atoms with van der Waals surface area (Å²) in [6.45, 7) is 0.476. The second-order valence-electron chi connectivity index (χ2n) is 7.07. The maximum absolute atomic E-state index is 12.5. The van der Waals surface area contributed by atoms with E-state index in [1.165, 1.54) is 28.5 Å². The lowest BCUT2D eigenvalue weighted by Crippen LogP contribution is -2.28. The van der Waals surface area contributed by atoms with Gasteiger partial charge in [0.2, 0.25) is 10.0 Å². The molecule has 1 fully saturated rings. The Balaban J connectivity index is 1.42. The summed E-state index contributed by atoms with van der Waals surface area (Å²) in [5.41, 5.74) is 1.51. The van der Waals surface area contributed by atoms with Crippen LogP contribution >= 0.6 is 0 Å². The normalized spacial score (nSPS) is 14.1. The van der Waals surface area contributed by atoms with E-state index in [1.807, 2.05) is 18.2 Å². The number of nitrogens with one attached hydrogen (secondary N) is 2. The fourth-order valence-corrected chi connectivity index (χ4v) is 4.57. The van der Waals surface area contributed by atoms with Gasteiger partial charge in [0.25, 0.3) is 5.91 Å². The molecular formula is C22H22N2O3S. The van der Waals surface area contributed by atoms with Gasteiger partial charge in [-0.25, -0.2) is 13.1 Å². The molecule has 1 amide bonds. The number of hydrogen-bond donors (Lipinski definition) is 2. The van der Waals surface area contributed by atoms with Crippen molar-refractivity contribution in [3.8, 4) is 0 Å². The summed E-state index contributed by atoms with van der Waals surface area (Å²) in [7, 11) is -3.57. The number of amides is 1. The molecule has 4 rings (SSSR count). The van der Waals surface area contributed by atoms with Crippen molar-refractivity contribution in [2.45, 2.75) is 30.2 Å². The van der Waals surface area contributed by atoms with Crippen LogP contribution in [0.4, 0.5) is 0 Å². The number of benzene rings is 3. The Morgan fingerprint density at radius 1 is 0.964 bits per heavy atom. The van der Waals surface area contributed by atoms with Crippen LogP contribution in [0, 0.1) is 0 Å². The molecule has 28 heavy (non-hydrogen) atoms. The minimum absolute atomic E-state index is 0.0307. The maximum atomic E-state index is 12.5. The number of carbonyl (C=O) groups is 1. The number of carbonyl (C=O) groups excluding carboxylic acids is 1. The fraction of sp³-hybridized carbons (Fsp3) is 0.227. The average Bonchev–Trinajstić information content (AvgIpc) is 3.51. The van der Waals surface area contributed by atoms with E-state index < -0.39 is 10.0 Å². The van der Waals surface area contributed by atoms with Crippen LogP contribution in [0.5, 0.6) is 0 Å². The first kappa shape index (κ1) is 18.7. The molecule has 0 radical (unpaired) electrons. The predicted molar refractivity (Wildman–Crippen MR) is 110 cm³/mol. The van der Waals surface area contributed by atoms with Crippen molar-refractivity contribution >= 4 is 26.7 Å². The third kappa shape index (κ3) is 4.24. The van der Waals surface area contributed by atoms with Crippen LogP contribution in [0.15, 0.2) is 71.6 Å². The Kier molecular flexibility index (Phi) is 5.15. The summed E-state index contributed by atoms with van der Waals surface area (Å²) in [4.78, 5) is 12.6. The Morgan fingerprint density at radius 2 is 1.71 bits per heavy atom. The molecule has 0 saturated heterocycles. The Morgan fingerprint density at radius 3 is 2.54 bits per heavy atom. The molecule has 0 heterocycles. The van der Waals surface area contributed by atoms with Crippen LogP contribution in [0.3, 0.4) is 0 Å². The van der Waals surface area contributed by atoms with Crippen molar-refractivity contribution in [3.05, 3.63) is 77.9 Å². The van der Waals surface area contributed by atoms with Crippen molar-refractivity contribution in [2.75, 3.05) is 6.54 Å². The molecular weight excluding hydrogens is 372 g/mol. The molecule has 1 saturated carbocycles. The zero-order valence-electron chi connectivity index (χ0n) is 15.4. The molecule has 1 aliphatic carbocycles. The molecule has 3 aromatic rings. The molecule has 0 unspecified atom stereocenters. The monoisotopic (exact) mass is 394 g/mol. The van der Waals surface area contributed by atoms with E-state index in [-0.39, 0.29) is 16.8 Å². The summed E-state index contributed by atoms with van der Waals surface area (Å²) in [5, 5.41) is 5.24. The molecule has 1 aliphatic rings. The molecule has 2 N–H and O–H groups in total. The van der Waals surface area contributed by atoms with Crippen molar-refractivity contribution in [3.63, 3.8) is 0 Å². The minimum Gasteiger partial charge on any atom is -0.352 e. The van der Waals surface area contributed by atoms with Gasteiger partial charge in [-0.1, -0.05) is 48.5 Å². The number of sulfonamides is 1. The molecule has 0 bridgehead atoms. The van der Waals surface area contributed by atoms with E-state index in [9.17, 15) is 13.2 Å². The first-order chi connectivity index (χ1) is 13.5. The van der Waals surface area contributed by atoms with E-state index in [1.54, 1.807) is 12.1 Å². The maximum Gasteiger partial charge on any atom is 0.251 e. The minimum atomic E-state index is -3.57. The predicted octanol–water partition coefficient (Wildman–Crippen LogP) is 3.25. The van der Waals surface area contributed by atoms with Gasteiger partial charge in [-0.3, -0.25) is 4.79 Å². The molecule has 6 heteroatoms. The van der Waals surface area contributed by atoms with Crippen LogP contribution in [-0.2, 0) is 16.4 Å². The van der Waals surface area contributed by atoms with Crippen molar-refractivity contribution < 1.29 is 13.2 Å². The van der Waals surface area contributed by atoms with E-state index in [0.29, 0.717) is 18.5 Å². The summed E-state index contributed by atoms with van der Waals surface area (Å²) in [5.74, 6) is -0.274. The van der Waals surface area contributed by atoms with Gasteiger partial charge < -0.3 is 5.32 Å². The standard InChI is InChI=1S/C22H22N2O3S/c25-22(18-8-4-9-20(15-18)28(26,27)24-19-11-12-19)23-14-13-17-7-3-6-16-5-1-2-10-21(16)17/h1-10,15,19,24H,11-14H2,(H,23,25). The van der Waals surface area contributed by atoms with Gasteiger partial charge in [-0.2, -0.15) is 0 Å². The van der Waals surface area contributed by atoms with Crippen molar-refractivity contribution in [1.29, 1.82) is 0 Å². The first-order valence-electron chi connectivity index (χ1n) is 9.40. The SMILES string of the molecule is O=C(NCCc1cccc2ccccc12)c1cccc(S(=O)(=O)NC2CC2)c1. The van der Waals surface area contributed by atoms with Crippen LogP contribution < -0.4 is 10.0 Å². The van der Waals surface area contributed by atoms with Crippen molar-refractivity contribution in [1.82, 2.24) is 10.0 Å². The van der Waals surface area contributed by atoms with Crippen LogP contribution in [0.25, 0.3) is 10.8 Å². The van der Waals surface area contributed by atoms with E-state index in [2.05, 4.69) is 34.3 Å². The van der Waals surface area contributed by atoms with Gasteiger partial charge in [0, 0.05) is 18.2 Å². The molecule has 0 aromatic heterocycles. The van der Waals surface area contributed by atoms with Crippen LogP contribution in [0.1, 0.15) is 28.8 Å². The average molecular weight is 394 g/mol. The highest BCUT2D eigenvalue weighted by Crippen LogP contribution is 2.22. The number of rotatable bonds is 7. The summed E-state index contributed by atoms with van der Waals surface area (Å²) < 4.78 is 27.3. The van der Waals surface area contributed by atoms with E-state index in [4.69, 9.17) is 0 Å². The smallest absolute Gasteiger partial charge is 0.251 e. The summed E-state index contributed by atoms with van der Waals surface area (Å²) in [6.07, 6.45) is 2.44. The largest absolute Gasteiger partial charge is 0.352 e. The van der Waals surface area contributed by atoms with Gasteiger partial charge in [-0.05, 0) is 53.8 Å². The van der Waals surface area contributed by atoms with E-state index in [0.717, 1.165) is 12.8 Å². The van der Waals surface area contributed by atoms with Gasteiger partial charge in [0.05, 0.1) is 4.90 Å². The zero-order valence-corrected chi connectivity index (χ0v) is 16.2. The van der Waals surface area contributed by atoms with Gasteiger partial charge >= 0.3 is 0 Å². The molecule has 144 valence electrons. The summed E-state index contributed by atoms with van der Waals surface area (Å²) >= 11 is 0. The molecule has 0 spiro atoms. The lowest BCUT2D eigenvalue weighted by molar-refractivity contribution is 0.0954. The van der Waals surface area contributed by atoms with Crippen LogP contribution in [-0.4, -0.2) is 26.9 Å². The topological polar surface area (TPSA) is 75.3 Å². The van der Waals surface area contributed by atoms with E-state index >= 15 is 0 Å². The van der Waals surface area contributed by atoms with Crippen LogP contribution in [0.2, 0.25) is 0 Å². The first-order valence-corrected chi connectivity index (χ1v) is 10.9. The second kappa shape index (κ2) is 7.73. The number of fused-ring (bicyclic) bond motifs is 1. The molecule has 0 aliphatic heterocycles. The summed E-state index contributed by atoms with van der Waals surface area (Å²) in [6, 6.07) is 20.5. The Bertz CT molecular complexity index is 1120. The zero-order chi connectivity index (χ0) is 19.6. The van der Waals surface area contributed by atoms with Gasteiger partial charge in [0.15, 0.2) is 0 Å². The number of hydrogen-bond acceptors (Lipinski definition) is 3. The highest BCUT2D eigenvalue weighted by molar-refractivity contribution is 7.89. The lowest BCUT2D eigenvalue weighted by Gasteiger charge is -2.10. The molecule has 0 atom stereocenters. The molecule has 3 aromatic carbocycles.